The molecule has 0 heterocycles. The Morgan fingerprint density at radius 1 is 1.64 bits per heavy atom. The molecule has 1 nitrogen and oxygen atoms in total. The normalized spacial score (nSPS) is 15.5. The first-order chi connectivity index (χ1) is 5.18. The van der Waals surface area contributed by atoms with Gasteiger partial charge in [-0.3, -0.25) is 0 Å². The predicted molar refractivity (Wildman–Crippen MR) is 45.9 cm³/mol. The van der Waals surface area contributed by atoms with Gasteiger partial charge in [0.15, 0.2) is 0 Å². The van der Waals surface area contributed by atoms with Gasteiger partial charge in [-0.15, -0.1) is 12.3 Å². The molecule has 2 heteroatoms. The third-order valence-corrected chi connectivity index (χ3v) is 1.95. The van der Waals surface area contributed by atoms with E-state index >= 15 is 0 Å². The van der Waals surface area contributed by atoms with Gasteiger partial charge in [-0.1, -0.05) is 6.92 Å². The highest BCUT2D eigenvalue weighted by molar-refractivity contribution is 4.86. The third-order valence-electron chi connectivity index (χ3n) is 1.95. The smallest absolute Gasteiger partial charge is 0.123 e. The van der Waals surface area contributed by atoms with Crippen LogP contribution in [0.4, 0.5) is 4.39 Å². The second-order valence-electron chi connectivity index (χ2n) is 2.77. The van der Waals surface area contributed by atoms with Crippen molar-refractivity contribution >= 4 is 0 Å². The zero-order chi connectivity index (χ0) is 8.74. The number of hydrogen-bond donors (Lipinski definition) is 1. The van der Waals surface area contributed by atoms with Gasteiger partial charge < -0.3 is 5.73 Å². The van der Waals surface area contributed by atoms with Crippen LogP contribution in [0.1, 0.15) is 32.6 Å². The fourth-order valence-corrected chi connectivity index (χ4v) is 0.930. The van der Waals surface area contributed by atoms with Crippen LogP contribution >= 0.6 is 0 Å². The summed E-state index contributed by atoms with van der Waals surface area (Å²) < 4.78 is 13.4. The second-order valence-corrected chi connectivity index (χ2v) is 2.77. The average molecular weight is 157 g/mol. The van der Waals surface area contributed by atoms with Crippen LogP contribution in [-0.2, 0) is 0 Å². The zero-order valence-corrected chi connectivity index (χ0v) is 7.07. The standard InChI is InChI=1S/C9H16FN/c1-3-5-6-7-9(10,4-2)8-11/h1H,4-8,11H2,2H3. The molecule has 0 aliphatic rings. The Kier molecular flexibility index (Phi) is 4.89. The van der Waals surface area contributed by atoms with Crippen molar-refractivity contribution < 1.29 is 4.39 Å². The Morgan fingerprint density at radius 2 is 2.27 bits per heavy atom. The van der Waals surface area contributed by atoms with Crippen molar-refractivity contribution in [1.29, 1.82) is 0 Å². The molecule has 0 saturated heterocycles. The molecule has 2 N–H and O–H groups in total. The van der Waals surface area contributed by atoms with Gasteiger partial charge in [-0.25, -0.2) is 4.39 Å². The first-order valence-electron chi connectivity index (χ1n) is 4.01. The lowest BCUT2D eigenvalue weighted by Crippen LogP contribution is -2.31. The van der Waals surface area contributed by atoms with Crippen molar-refractivity contribution in [2.75, 3.05) is 6.54 Å². The highest BCUT2D eigenvalue weighted by Gasteiger charge is 2.24. The van der Waals surface area contributed by atoms with E-state index in [1.54, 1.807) is 0 Å². The molecule has 64 valence electrons. The highest BCUT2D eigenvalue weighted by Crippen LogP contribution is 2.21. The van der Waals surface area contributed by atoms with Crippen LogP contribution in [-0.4, -0.2) is 12.2 Å². The maximum Gasteiger partial charge on any atom is 0.123 e. The second kappa shape index (κ2) is 5.15. The van der Waals surface area contributed by atoms with Crippen LogP contribution in [0.25, 0.3) is 0 Å². The monoisotopic (exact) mass is 157 g/mol. The van der Waals surface area contributed by atoms with Crippen LogP contribution in [0.2, 0.25) is 0 Å². The third kappa shape index (κ3) is 4.00. The molecule has 0 bridgehead atoms. The molecule has 0 aliphatic heterocycles. The maximum absolute atomic E-state index is 13.4. The summed E-state index contributed by atoms with van der Waals surface area (Å²) in [4.78, 5) is 0. The summed E-state index contributed by atoms with van der Waals surface area (Å²) >= 11 is 0. The van der Waals surface area contributed by atoms with E-state index in [-0.39, 0.29) is 6.54 Å². The van der Waals surface area contributed by atoms with E-state index in [4.69, 9.17) is 12.2 Å². The Morgan fingerprint density at radius 3 is 2.64 bits per heavy atom. The summed E-state index contributed by atoms with van der Waals surface area (Å²) in [6.07, 6.45) is 7.39. The molecule has 1 unspecified atom stereocenters. The minimum Gasteiger partial charge on any atom is -0.328 e. The van der Waals surface area contributed by atoms with E-state index in [9.17, 15) is 4.39 Å². The number of rotatable bonds is 5. The summed E-state index contributed by atoms with van der Waals surface area (Å²) in [6, 6.07) is 0. The molecular formula is C9H16FN. The van der Waals surface area contributed by atoms with Crippen LogP contribution in [0, 0.1) is 12.3 Å². The van der Waals surface area contributed by atoms with Gasteiger partial charge in [0.05, 0.1) is 0 Å². The van der Waals surface area contributed by atoms with Crippen molar-refractivity contribution in [2.24, 2.45) is 5.73 Å². The number of nitrogens with two attached hydrogens (primary N) is 1. The predicted octanol–water partition coefficient (Wildman–Crippen LogP) is 1.87. The van der Waals surface area contributed by atoms with E-state index in [0.717, 1.165) is 6.42 Å². The van der Waals surface area contributed by atoms with Gasteiger partial charge in [-0.05, 0) is 19.3 Å². The highest BCUT2D eigenvalue weighted by atomic mass is 19.1. The lowest BCUT2D eigenvalue weighted by Gasteiger charge is -2.20. The lowest BCUT2D eigenvalue weighted by atomic mass is 9.96. The van der Waals surface area contributed by atoms with Gasteiger partial charge in [0.25, 0.3) is 0 Å². The minimum absolute atomic E-state index is 0.105. The van der Waals surface area contributed by atoms with Crippen molar-refractivity contribution in [3.8, 4) is 12.3 Å². The molecule has 0 rings (SSSR count). The van der Waals surface area contributed by atoms with E-state index in [1.165, 1.54) is 0 Å². The first-order valence-corrected chi connectivity index (χ1v) is 4.01. The maximum atomic E-state index is 13.4. The summed E-state index contributed by atoms with van der Waals surface area (Å²) in [7, 11) is 0. The molecule has 0 aromatic heterocycles. The molecule has 0 aromatic rings. The number of unbranched alkanes of at least 4 members (excludes halogenated alkanes) is 1. The molecular weight excluding hydrogens is 141 g/mol. The van der Waals surface area contributed by atoms with Crippen LogP contribution < -0.4 is 5.73 Å². The summed E-state index contributed by atoms with van der Waals surface area (Å²) in [5.41, 5.74) is 4.09. The zero-order valence-electron chi connectivity index (χ0n) is 7.07. The van der Waals surface area contributed by atoms with Crippen LogP contribution in [0.5, 0.6) is 0 Å². The molecule has 0 saturated carbocycles. The van der Waals surface area contributed by atoms with Gasteiger partial charge in [-0.2, -0.15) is 0 Å². The Hall–Kier alpha value is -0.550. The molecule has 0 aromatic carbocycles. The molecule has 0 radical (unpaired) electrons. The van der Waals surface area contributed by atoms with Crippen molar-refractivity contribution in [2.45, 2.75) is 38.3 Å². The summed E-state index contributed by atoms with van der Waals surface area (Å²) in [5.74, 6) is 2.48. The molecule has 0 spiro atoms. The fraction of sp³-hybridized carbons (Fsp3) is 0.778. The van der Waals surface area contributed by atoms with Gasteiger partial charge >= 0.3 is 0 Å². The number of alkyl halides is 1. The Labute approximate surface area is 68.2 Å². The fourth-order valence-electron chi connectivity index (χ4n) is 0.930. The Balaban J connectivity index is 3.62. The molecule has 0 aliphatic carbocycles. The molecule has 11 heavy (non-hydrogen) atoms. The quantitative estimate of drug-likeness (QED) is 0.478. The average Bonchev–Trinajstić information content (AvgIpc) is 2.05. The minimum atomic E-state index is -1.18. The SMILES string of the molecule is C#CCCCC(F)(CC)CN. The summed E-state index contributed by atoms with van der Waals surface area (Å²) in [6.45, 7) is 1.91. The van der Waals surface area contributed by atoms with E-state index in [0.29, 0.717) is 19.3 Å². The van der Waals surface area contributed by atoms with Gasteiger partial charge in [0.2, 0.25) is 0 Å². The van der Waals surface area contributed by atoms with Crippen LogP contribution in [0.15, 0.2) is 0 Å². The van der Waals surface area contributed by atoms with Crippen molar-refractivity contribution in [1.82, 2.24) is 0 Å². The van der Waals surface area contributed by atoms with Crippen LogP contribution in [0.3, 0.4) is 0 Å². The number of halogens is 1. The lowest BCUT2D eigenvalue weighted by molar-refractivity contribution is 0.151. The van der Waals surface area contributed by atoms with Gasteiger partial charge in [0, 0.05) is 13.0 Å². The Bertz CT molecular complexity index is 133. The molecule has 0 amide bonds. The largest absolute Gasteiger partial charge is 0.328 e. The molecule has 1 atom stereocenters. The van der Waals surface area contributed by atoms with E-state index in [2.05, 4.69) is 5.92 Å². The topological polar surface area (TPSA) is 26.0 Å². The summed E-state index contributed by atoms with van der Waals surface area (Å²) in [5, 5.41) is 0. The van der Waals surface area contributed by atoms with E-state index in [1.807, 2.05) is 6.92 Å². The molecule has 0 fully saturated rings. The van der Waals surface area contributed by atoms with E-state index < -0.39 is 5.67 Å². The van der Waals surface area contributed by atoms with Gasteiger partial charge in [0.1, 0.15) is 5.67 Å². The first kappa shape index (κ1) is 10.4. The number of terminal acetylenes is 1. The number of hydrogen-bond acceptors (Lipinski definition) is 1. The van der Waals surface area contributed by atoms with Crippen molar-refractivity contribution in [3.05, 3.63) is 0 Å². The van der Waals surface area contributed by atoms with Crippen molar-refractivity contribution in [3.63, 3.8) is 0 Å².